The average Bonchev–Trinajstić information content (AvgIpc) is 3.56. The molecule has 10 nitrogen and oxygen atoms in total. The van der Waals surface area contributed by atoms with Crippen molar-refractivity contribution in [1.29, 1.82) is 0 Å². The van der Waals surface area contributed by atoms with Crippen LogP contribution in [0.2, 0.25) is 0 Å². The Morgan fingerprint density at radius 3 is 2.75 bits per heavy atom. The van der Waals surface area contributed by atoms with E-state index in [9.17, 15) is 14.9 Å². The number of nitrogens with one attached hydrogen (secondary N) is 2. The van der Waals surface area contributed by atoms with E-state index < -0.39 is 11.0 Å². The summed E-state index contributed by atoms with van der Waals surface area (Å²) in [4.78, 5) is 30.0. The minimum absolute atomic E-state index is 0.0805. The molecule has 1 aliphatic heterocycles. The van der Waals surface area contributed by atoms with Gasteiger partial charge >= 0.3 is 0 Å². The van der Waals surface area contributed by atoms with Crippen molar-refractivity contribution < 1.29 is 18.9 Å². The summed E-state index contributed by atoms with van der Waals surface area (Å²) < 4.78 is 11.7. The van der Waals surface area contributed by atoms with Gasteiger partial charge in [0.15, 0.2) is 5.11 Å². The smallest absolute Gasteiger partial charge is 0.273 e. The molecule has 2 aromatic heterocycles. The van der Waals surface area contributed by atoms with Crippen LogP contribution in [0.1, 0.15) is 35.5 Å². The highest BCUT2D eigenvalue weighted by Crippen LogP contribution is 2.42. The Morgan fingerprint density at radius 2 is 2.02 bits per heavy atom. The number of thiocarbonyl (C=S) groups is 1. The molecule has 0 aliphatic carbocycles. The van der Waals surface area contributed by atoms with Gasteiger partial charge in [0.1, 0.15) is 23.3 Å². The topological polar surface area (TPSA) is 123 Å². The van der Waals surface area contributed by atoms with Crippen LogP contribution >= 0.6 is 12.2 Å². The predicted octanol–water partition coefficient (Wildman–Crippen LogP) is 5.57. The lowest BCUT2D eigenvalue weighted by Crippen LogP contribution is -2.32. The number of aromatic nitrogens is 1. The molecule has 2 N–H and O–H groups in total. The van der Waals surface area contributed by atoms with Gasteiger partial charge in [-0.15, -0.1) is 0 Å². The molecule has 2 aromatic carbocycles. The molecule has 1 amide bonds. The Morgan fingerprint density at radius 1 is 1.18 bits per heavy atom. The Balaban J connectivity index is 1.43. The van der Waals surface area contributed by atoms with E-state index >= 15 is 0 Å². The van der Waals surface area contributed by atoms with Gasteiger partial charge in [-0.1, -0.05) is 18.2 Å². The lowest BCUT2D eigenvalue weighted by molar-refractivity contribution is -0.384. The minimum atomic E-state index is -0.477. The monoisotopic (exact) mass is 557 g/mol. The zero-order chi connectivity index (χ0) is 28.2. The Labute approximate surface area is 236 Å². The van der Waals surface area contributed by atoms with E-state index in [0.717, 1.165) is 16.9 Å². The zero-order valence-corrected chi connectivity index (χ0v) is 22.7. The molecular weight excluding hydrogens is 530 g/mol. The zero-order valence-electron chi connectivity index (χ0n) is 21.9. The number of aryl methyl sites for hydroxylation is 1. The van der Waals surface area contributed by atoms with E-state index in [2.05, 4.69) is 15.6 Å². The number of nitro groups is 1. The number of ether oxygens (including phenoxy) is 1. The second-order valence-corrected chi connectivity index (χ2v) is 9.72. The van der Waals surface area contributed by atoms with E-state index in [-0.39, 0.29) is 24.1 Å². The van der Waals surface area contributed by atoms with Gasteiger partial charge in [0.2, 0.25) is 5.91 Å². The van der Waals surface area contributed by atoms with Crippen molar-refractivity contribution in [3.05, 3.63) is 106 Å². The second-order valence-electron chi connectivity index (χ2n) is 9.33. The number of hydrogen-bond donors (Lipinski definition) is 2. The molecule has 0 bridgehead atoms. The van der Waals surface area contributed by atoms with E-state index in [0.29, 0.717) is 34.5 Å². The maximum Gasteiger partial charge on any atom is 0.273 e. The number of amides is 1. The summed E-state index contributed by atoms with van der Waals surface area (Å²) in [5.74, 6) is 1.26. The minimum Gasteiger partial charge on any atom is -0.496 e. The molecule has 5 rings (SSSR count). The standard InChI is InChI=1S/C29H27N5O5S/c1-18-6-5-7-19(16-18)31-26(35)13-15-33-28(27(32-29(33)40)22-8-3-4-14-30-22)24-12-11-23(39-24)21-10-9-20(34(36)37)17-25(21)38-2/h3-12,14,16-17,27-28H,13,15H2,1-2H3,(H,31,35)(H,32,40). The van der Waals surface area contributed by atoms with Crippen LogP contribution in [-0.4, -0.2) is 39.5 Å². The van der Waals surface area contributed by atoms with Gasteiger partial charge in [0, 0.05) is 30.9 Å². The van der Waals surface area contributed by atoms with Crippen LogP contribution < -0.4 is 15.4 Å². The van der Waals surface area contributed by atoms with Crippen LogP contribution in [0.3, 0.4) is 0 Å². The fourth-order valence-corrected chi connectivity index (χ4v) is 5.11. The lowest BCUT2D eigenvalue weighted by atomic mass is 10.0. The van der Waals surface area contributed by atoms with Crippen molar-refractivity contribution in [1.82, 2.24) is 15.2 Å². The van der Waals surface area contributed by atoms with Crippen molar-refractivity contribution in [2.45, 2.75) is 25.4 Å². The molecule has 204 valence electrons. The molecule has 1 fully saturated rings. The number of benzene rings is 2. The molecule has 11 heteroatoms. The van der Waals surface area contributed by atoms with E-state index in [1.807, 2.05) is 60.4 Å². The summed E-state index contributed by atoms with van der Waals surface area (Å²) in [6, 6.07) is 20.5. The molecule has 0 spiro atoms. The van der Waals surface area contributed by atoms with Crippen LogP contribution in [0.5, 0.6) is 5.75 Å². The first-order chi connectivity index (χ1) is 19.3. The Bertz CT molecular complexity index is 1560. The third-order valence-corrected chi connectivity index (χ3v) is 7.01. The van der Waals surface area contributed by atoms with Gasteiger partial charge in [-0.25, -0.2) is 0 Å². The number of carbonyl (C=O) groups excluding carboxylic acids is 1. The van der Waals surface area contributed by atoms with Crippen molar-refractivity contribution in [2.75, 3.05) is 19.0 Å². The van der Waals surface area contributed by atoms with Gasteiger partial charge in [0.05, 0.1) is 35.4 Å². The normalized spacial score (nSPS) is 16.4. The summed E-state index contributed by atoms with van der Waals surface area (Å²) in [5.41, 5.74) is 3.06. The molecule has 1 saturated heterocycles. The van der Waals surface area contributed by atoms with Gasteiger partial charge in [-0.05, 0) is 67.2 Å². The second kappa shape index (κ2) is 11.5. The van der Waals surface area contributed by atoms with Gasteiger partial charge in [0.25, 0.3) is 5.69 Å². The third-order valence-electron chi connectivity index (χ3n) is 6.66. The predicted molar refractivity (Wildman–Crippen MR) is 154 cm³/mol. The first-order valence-electron chi connectivity index (χ1n) is 12.6. The number of anilines is 1. The van der Waals surface area contributed by atoms with E-state index in [4.69, 9.17) is 21.4 Å². The highest BCUT2D eigenvalue weighted by Gasteiger charge is 2.41. The SMILES string of the molecule is COc1cc([N+](=O)[O-])ccc1-c1ccc(C2C(c3ccccn3)NC(=S)N2CCC(=O)Nc2cccc(C)c2)o1. The highest BCUT2D eigenvalue weighted by molar-refractivity contribution is 7.80. The molecular formula is C29H27N5O5S. The van der Waals surface area contributed by atoms with Gasteiger partial charge in [-0.2, -0.15) is 0 Å². The lowest BCUT2D eigenvalue weighted by Gasteiger charge is -2.25. The summed E-state index contributed by atoms with van der Waals surface area (Å²) in [5, 5.41) is 18.0. The molecule has 3 heterocycles. The first kappa shape index (κ1) is 26.8. The highest BCUT2D eigenvalue weighted by atomic mass is 32.1. The van der Waals surface area contributed by atoms with Crippen molar-refractivity contribution in [3.8, 4) is 17.1 Å². The Kier molecular flexibility index (Phi) is 7.74. The number of nitrogens with zero attached hydrogens (tertiary/aromatic N) is 3. The number of pyridine rings is 1. The first-order valence-corrected chi connectivity index (χ1v) is 13.0. The van der Waals surface area contributed by atoms with Crippen LogP contribution in [0.4, 0.5) is 11.4 Å². The number of carbonyl (C=O) groups is 1. The maximum atomic E-state index is 12.8. The molecule has 2 unspecified atom stereocenters. The molecule has 0 saturated carbocycles. The Hall–Kier alpha value is -4.77. The summed E-state index contributed by atoms with van der Waals surface area (Å²) in [6.07, 6.45) is 1.91. The fourth-order valence-electron chi connectivity index (χ4n) is 4.78. The number of nitro benzene ring substituents is 1. The van der Waals surface area contributed by atoms with Gasteiger partial charge < -0.3 is 24.7 Å². The van der Waals surface area contributed by atoms with Crippen molar-refractivity contribution in [3.63, 3.8) is 0 Å². The van der Waals surface area contributed by atoms with Crippen LogP contribution in [0, 0.1) is 17.0 Å². The number of methoxy groups -OCH3 is 1. The summed E-state index contributed by atoms with van der Waals surface area (Å²) in [6.45, 7) is 2.31. The molecule has 4 aromatic rings. The number of hydrogen-bond acceptors (Lipinski definition) is 7. The third kappa shape index (κ3) is 5.64. The van der Waals surface area contributed by atoms with Crippen molar-refractivity contribution >= 4 is 34.6 Å². The average molecular weight is 558 g/mol. The maximum absolute atomic E-state index is 12.8. The summed E-state index contributed by atoms with van der Waals surface area (Å²) >= 11 is 5.70. The van der Waals surface area contributed by atoms with Crippen LogP contribution in [0.15, 0.2) is 83.4 Å². The van der Waals surface area contributed by atoms with Crippen LogP contribution in [0.25, 0.3) is 11.3 Å². The largest absolute Gasteiger partial charge is 0.496 e. The quantitative estimate of drug-likeness (QED) is 0.154. The number of rotatable bonds is 9. The molecule has 0 radical (unpaired) electrons. The number of furan rings is 1. The molecule has 2 atom stereocenters. The van der Waals surface area contributed by atoms with E-state index in [1.165, 1.54) is 19.2 Å². The van der Waals surface area contributed by atoms with Crippen molar-refractivity contribution in [2.24, 2.45) is 0 Å². The fraction of sp³-hybridized carbons (Fsp3) is 0.207. The summed E-state index contributed by atoms with van der Waals surface area (Å²) in [7, 11) is 1.45. The van der Waals surface area contributed by atoms with E-state index in [1.54, 1.807) is 18.3 Å². The number of non-ortho nitro benzene ring substituents is 1. The molecule has 40 heavy (non-hydrogen) atoms. The molecule has 1 aliphatic rings. The van der Waals surface area contributed by atoms with Crippen LogP contribution in [-0.2, 0) is 4.79 Å². The van der Waals surface area contributed by atoms with Gasteiger partial charge in [-0.3, -0.25) is 19.9 Å².